The zero-order valence-electron chi connectivity index (χ0n) is 9.56. The molecule has 0 saturated heterocycles. The number of aryl methyl sites for hydroxylation is 2. The van der Waals surface area contributed by atoms with Gasteiger partial charge in [0.15, 0.2) is 0 Å². The molecule has 0 amide bonds. The van der Waals surface area contributed by atoms with Crippen molar-refractivity contribution in [3.05, 3.63) is 29.3 Å². The Morgan fingerprint density at radius 2 is 1.94 bits per heavy atom. The molecule has 4 heteroatoms. The standard InChI is InChI=1S/C12H16O3S/c1-9-6-7-12(10(2)8-9)16(13,14)15-11-4-3-5-11/h6-8,11H,3-5H2,1-2H3. The average Bonchev–Trinajstić information content (AvgIpc) is 2.11. The van der Waals surface area contributed by atoms with E-state index in [1.807, 2.05) is 13.0 Å². The third-order valence-corrected chi connectivity index (χ3v) is 4.44. The highest BCUT2D eigenvalue weighted by Gasteiger charge is 2.27. The minimum Gasteiger partial charge on any atom is -0.263 e. The number of hydrogen-bond donors (Lipinski definition) is 0. The maximum absolute atomic E-state index is 11.9. The van der Waals surface area contributed by atoms with E-state index in [2.05, 4.69) is 0 Å². The molecule has 0 N–H and O–H groups in total. The van der Waals surface area contributed by atoms with Crippen LogP contribution in [0.4, 0.5) is 0 Å². The van der Waals surface area contributed by atoms with Crippen molar-refractivity contribution in [2.75, 3.05) is 0 Å². The lowest BCUT2D eigenvalue weighted by atomic mass is 9.97. The molecule has 0 atom stereocenters. The first-order valence-electron chi connectivity index (χ1n) is 5.49. The fourth-order valence-corrected chi connectivity index (χ4v) is 3.12. The zero-order valence-corrected chi connectivity index (χ0v) is 10.4. The molecule has 0 aromatic heterocycles. The van der Waals surface area contributed by atoms with Crippen molar-refractivity contribution in [2.24, 2.45) is 0 Å². The van der Waals surface area contributed by atoms with Crippen LogP contribution in [0.15, 0.2) is 23.1 Å². The summed E-state index contributed by atoms with van der Waals surface area (Å²) in [7, 11) is -3.57. The Hall–Kier alpha value is -0.870. The second kappa shape index (κ2) is 4.18. The van der Waals surface area contributed by atoms with Crippen molar-refractivity contribution in [3.63, 3.8) is 0 Å². The molecule has 0 unspecified atom stereocenters. The zero-order chi connectivity index (χ0) is 11.8. The lowest BCUT2D eigenvalue weighted by molar-refractivity contribution is 0.127. The van der Waals surface area contributed by atoms with Crippen LogP contribution in [0.25, 0.3) is 0 Å². The summed E-state index contributed by atoms with van der Waals surface area (Å²) in [5, 5.41) is 0. The van der Waals surface area contributed by atoms with E-state index in [1.165, 1.54) is 0 Å². The highest BCUT2D eigenvalue weighted by Crippen LogP contribution is 2.27. The van der Waals surface area contributed by atoms with Crippen molar-refractivity contribution in [3.8, 4) is 0 Å². The molecular formula is C12H16O3S. The van der Waals surface area contributed by atoms with E-state index in [0.717, 1.165) is 30.4 Å². The second-order valence-electron chi connectivity index (χ2n) is 4.37. The van der Waals surface area contributed by atoms with Gasteiger partial charge in [0.2, 0.25) is 0 Å². The van der Waals surface area contributed by atoms with Gasteiger partial charge in [0, 0.05) is 0 Å². The van der Waals surface area contributed by atoms with Gasteiger partial charge < -0.3 is 0 Å². The molecule has 88 valence electrons. The molecule has 0 bridgehead atoms. The van der Waals surface area contributed by atoms with Gasteiger partial charge in [-0.05, 0) is 44.7 Å². The van der Waals surface area contributed by atoms with Crippen LogP contribution < -0.4 is 0 Å². The topological polar surface area (TPSA) is 43.4 Å². The molecule has 0 spiro atoms. The largest absolute Gasteiger partial charge is 0.297 e. The maximum Gasteiger partial charge on any atom is 0.297 e. The third-order valence-electron chi connectivity index (χ3n) is 2.91. The van der Waals surface area contributed by atoms with Gasteiger partial charge >= 0.3 is 0 Å². The summed E-state index contributed by atoms with van der Waals surface area (Å²) in [4.78, 5) is 0.296. The van der Waals surface area contributed by atoms with E-state index in [0.29, 0.717) is 4.90 Å². The van der Waals surface area contributed by atoms with Crippen LogP contribution in [0.2, 0.25) is 0 Å². The first-order chi connectivity index (χ1) is 7.49. The summed E-state index contributed by atoms with van der Waals surface area (Å²) in [6, 6.07) is 5.28. The Labute approximate surface area is 96.6 Å². The predicted octanol–water partition coefficient (Wildman–Crippen LogP) is 2.56. The van der Waals surface area contributed by atoms with Gasteiger partial charge in [0.1, 0.15) is 0 Å². The van der Waals surface area contributed by atoms with Crippen molar-refractivity contribution < 1.29 is 12.6 Å². The molecule has 0 radical (unpaired) electrons. The molecule has 1 aliphatic rings. The Morgan fingerprint density at radius 1 is 1.25 bits per heavy atom. The molecule has 16 heavy (non-hydrogen) atoms. The van der Waals surface area contributed by atoms with E-state index in [4.69, 9.17) is 4.18 Å². The molecule has 0 heterocycles. The van der Waals surface area contributed by atoms with Gasteiger partial charge in [0.25, 0.3) is 10.1 Å². The summed E-state index contributed by atoms with van der Waals surface area (Å²) in [6.07, 6.45) is 2.66. The van der Waals surface area contributed by atoms with Gasteiger partial charge in [-0.3, -0.25) is 4.18 Å². The minimum absolute atomic E-state index is 0.106. The average molecular weight is 240 g/mol. The van der Waals surface area contributed by atoms with Gasteiger partial charge in [-0.1, -0.05) is 17.7 Å². The quantitative estimate of drug-likeness (QED) is 0.763. The third kappa shape index (κ3) is 2.28. The smallest absolute Gasteiger partial charge is 0.263 e. The van der Waals surface area contributed by atoms with Crippen LogP contribution in [0, 0.1) is 13.8 Å². The molecule has 0 aliphatic heterocycles. The summed E-state index contributed by atoms with van der Waals surface area (Å²) in [6.45, 7) is 3.74. The van der Waals surface area contributed by atoms with Crippen molar-refractivity contribution >= 4 is 10.1 Å². The van der Waals surface area contributed by atoms with E-state index < -0.39 is 10.1 Å². The lowest BCUT2D eigenvalue weighted by Crippen LogP contribution is -2.25. The first-order valence-corrected chi connectivity index (χ1v) is 6.90. The summed E-state index contributed by atoms with van der Waals surface area (Å²) in [5.41, 5.74) is 1.81. The number of benzene rings is 1. The fraction of sp³-hybridized carbons (Fsp3) is 0.500. The van der Waals surface area contributed by atoms with Crippen LogP contribution in [0.1, 0.15) is 30.4 Å². The molecule has 1 aliphatic carbocycles. The summed E-state index contributed by atoms with van der Waals surface area (Å²) in [5.74, 6) is 0. The molecule has 1 aromatic rings. The number of hydrogen-bond acceptors (Lipinski definition) is 3. The molecule has 2 rings (SSSR count). The Morgan fingerprint density at radius 3 is 2.44 bits per heavy atom. The van der Waals surface area contributed by atoms with Gasteiger partial charge in [-0.2, -0.15) is 8.42 Å². The number of rotatable bonds is 3. The van der Waals surface area contributed by atoms with Crippen LogP contribution in [0.5, 0.6) is 0 Å². The predicted molar refractivity (Wildman–Crippen MR) is 61.8 cm³/mol. The molecular weight excluding hydrogens is 224 g/mol. The van der Waals surface area contributed by atoms with Gasteiger partial charge in [-0.15, -0.1) is 0 Å². The van der Waals surface area contributed by atoms with Gasteiger partial charge in [-0.25, -0.2) is 0 Å². The van der Waals surface area contributed by atoms with Crippen LogP contribution in [-0.2, 0) is 14.3 Å². The SMILES string of the molecule is Cc1ccc(S(=O)(=O)OC2CCC2)c(C)c1. The lowest BCUT2D eigenvalue weighted by Gasteiger charge is -2.25. The molecule has 1 aromatic carbocycles. The Bertz CT molecular complexity index is 487. The minimum atomic E-state index is -3.57. The van der Waals surface area contributed by atoms with Gasteiger partial charge in [0.05, 0.1) is 11.0 Å². The highest BCUT2D eigenvalue weighted by molar-refractivity contribution is 7.86. The molecule has 3 nitrogen and oxygen atoms in total. The van der Waals surface area contributed by atoms with Crippen molar-refractivity contribution in [2.45, 2.75) is 44.1 Å². The summed E-state index contributed by atoms with van der Waals surface area (Å²) < 4.78 is 29.0. The van der Waals surface area contributed by atoms with E-state index in [9.17, 15) is 8.42 Å². The Balaban J connectivity index is 2.27. The first kappa shape index (κ1) is 11.6. The summed E-state index contributed by atoms with van der Waals surface area (Å²) >= 11 is 0. The van der Waals surface area contributed by atoms with E-state index in [1.54, 1.807) is 19.1 Å². The molecule has 1 fully saturated rings. The monoisotopic (exact) mass is 240 g/mol. The van der Waals surface area contributed by atoms with Crippen LogP contribution in [0.3, 0.4) is 0 Å². The maximum atomic E-state index is 11.9. The van der Waals surface area contributed by atoms with Crippen molar-refractivity contribution in [1.82, 2.24) is 0 Å². The van der Waals surface area contributed by atoms with E-state index in [-0.39, 0.29) is 6.10 Å². The normalized spacial score (nSPS) is 17.1. The highest BCUT2D eigenvalue weighted by atomic mass is 32.2. The Kier molecular flexibility index (Phi) is 3.04. The second-order valence-corrected chi connectivity index (χ2v) is 5.91. The fourth-order valence-electron chi connectivity index (χ4n) is 1.78. The van der Waals surface area contributed by atoms with Crippen LogP contribution >= 0.6 is 0 Å². The van der Waals surface area contributed by atoms with Crippen molar-refractivity contribution in [1.29, 1.82) is 0 Å². The van der Waals surface area contributed by atoms with Crippen LogP contribution in [-0.4, -0.2) is 14.5 Å². The molecule has 1 saturated carbocycles. The van der Waals surface area contributed by atoms with E-state index >= 15 is 0 Å².